The summed E-state index contributed by atoms with van der Waals surface area (Å²) in [5, 5.41) is 86.0. The van der Waals surface area contributed by atoms with Crippen LogP contribution in [0.15, 0.2) is 141 Å². The minimum absolute atomic E-state index is 0.0121. The lowest BCUT2D eigenvalue weighted by atomic mass is 9.82. The lowest BCUT2D eigenvalue weighted by molar-refractivity contribution is -0.0720. The number of halogens is 6. The molecule has 8 aliphatic rings. The Labute approximate surface area is 835 Å². The van der Waals surface area contributed by atoms with Crippen LogP contribution in [-0.2, 0) is 42.2 Å². The van der Waals surface area contributed by atoms with Crippen molar-refractivity contribution in [2.24, 2.45) is 0 Å². The average molecular weight is 2050 g/mol. The van der Waals surface area contributed by atoms with Crippen molar-refractivity contribution < 1.29 is 52.8 Å². The van der Waals surface area contributed by atoms with E-state index in [2.05, 4.69) is 137 Å². The Balaban J connectivity index is 0.000000119. The Kier molecular flexibility index (Phi) is 27.1. The second-order valence-corrected chi connectivity index (χ2v) is 42.2. The van der Waals surface area contributed by atoms with E-state index in [4.69, 9.17) is 0 Å². The number of carbonyl (C=O) groups excluding carboxylic acids is 2. The number of nitriles is 4. The van der Waals surface area contributed by atoms with Gasteiger partial charge in [-0.3, -0.25) is 83.3 Å². The Morgan fingerprint density at radius 2 is 0.701 bits per heavy atom. The molecule has 0 aromatic carbocycles. The van der Waals surface area contributed by atoms with Gasteiger partial charge in [0.25, 0.3) is 11.8 Å². The third kappa shape index (κ3) is 18.3. The molecule has 3 unspecified atom stereocenters. The highest BCUT2D eigenvalue weighted by atomic mass is 32.2. The van der Waals surface area contributed by atoms with Crippen molar-refractivity contribution >= 4 is 76.0 Å². The van der Waals surface area contributed by atoms with Crippen LogP contribution in [0.2, 0.25) is 0 Å². The van der Waals surface area contributed by atoms with Gasteiger partial charge in [-0.1, -0.05) is 0 Å². The van der Waals surface area contributed by atoms with Gasteiger partial charge < -0.3 is 9.80 Å². The molecule has 2 amide bonds. The zero-order chi connectivity index (χ0) is 103. The van der Waals surface area contributed by atoms with Gasteiger partial charge in [0.1, 0.15) is 70.6 Å². The molecule has 15 aromatic rings. The van der Waals surface area contributed by atoms with Gasteiger partial charge in [0.2, 0.25) is 38.6 Å². The molecule has 147 heavy (non-hydrogen) atoms. The average Bonchev–Trinajstić information content (AvgIpc) is 1.60. The predicted molar refractivity (Wildman–Crippen MR) is 512 cm³/mol. The number of rotatable bonds is 22. The summed E-state index contributed by atoms with van der Waals surface area (Å²) in [6.07, 6.45) is 30.4. The molecular weight excluding hydrogens is 1950 g/mol. The van der Waals surface area contributed by atoms with E-state index in [-0.39, 0.29) is 95.0 Å². The number of aryl methyl sites for hydroxylation is 3. The van der Waals surface area contributed by atoms with Gasteiger partial charge in [-0.25, -0.2) is 87.4 Å². The number of hydrogen-bond donors (Lipinski definition) is 4. The van der Waals surface area contributed by atoms with Crippen LogP contribution in [-0.4, -0.2) is 355 Å². The van der Waals surface area contributed by atoms with Gasteiger partial charge in [-0.05, 0) is 97.3 Å². The summed E-state index contributed by atoms with van der Waals surface area (Å²) >= 11 is 0. The highest BCUT2D eigenvalue weighted by Gasteiger charge is 2.58. The largest absolute Gasteiger partial charge is 0.338 e. The normalized spacial score (nSPS) is 19.3. The molecule has 45 nitrogen and oxygen atoms in total. The summed E-state index contributed by atoms with van der Waals surface area (Å²) in [5.74, 6) is -2.52. The summed E-state index contributed by atoms with van der Waals surface area (Å²) in [5.41, 5.74) is 4.54. The summed E-state index contributed by atoms with van der Waals surface area (Å²) in [6, 6.07) is 12.2. The molecule has 8 aliphatic heterocycles. The number of nitrogens with zero attached hydrogens (tertiary/aromatic N) is 35. The van der Waals surface area contributed by atoms with Crippen LogP contribution in [0.1, 0.15) is 103 Å². The molecule has 53 heteroatoms. The SMILES string of the molecule is CCS(=O)(=O)N1CCC(N2CC(C(F)C#N)(n3cc(-c4ncnc5[nH]ncc45)cn3)C2)CC1.Cc1nccc(C(=O)N2CCC(N3CC(C(F)C#N)(n4cc(-c5ncnc6[nH]ncc56)cn4)C3)CC2)c1F.Cc1nccc(C(=O)N2CCC(N3CC(CC#N)(n4cc(-c5ncnc6[nH]ncc56)cn4)C3)CC2)c1F.Cc1nccc(S(=O)(=O)N2CCC(N3CC(C(F)C#N)(n4cc(-c5ncnc6[nH]ncc56)cn4)C3)CC2)c1F. The fraction of sp³-hybridized carbons (Fsp3) is 0.436. The van der Waals surface area contributed by atoms with E-state index >= 15 is 8.78 Å². The van der Waals surface area contributed by atoms with Crippen molar-refractivity contribution in [3.63, 3.8) is 0 Å². The Hall–Kier alpha value is -15.4. The molecule has 0 aliphatic carbocycles. The summed E-state index contributed by atoms with van der Waals surface area (Å²) < 4.78 is 148. The first-order chi connectivity index (χ1) is 71.0. The third-order valence-corrected chi connectivity index (χ3v) is 33.5. The first kappa shape index (κ1) is 99.0. The summed E-state index contributed by atoms with van der Waals surface area (Å²) in [7, 11) is -7.20. The maximum absolute atomic E-state index is 15.1. The maximum Gasteiger partial charge on any atom is 0.256 e. The predicted octanol–water partition coefficient (Wildman–Crippen LogP) is 7.21. The number of aromatic nitrogens is 27. The molecule has 23 rings (SSSR count). The van der Waals surface area contributed by atoms with Crippen LogP contribution >= 0.6 is 0 Å². The number of likely N-dealkylation sites (tertiary alicyclic amines) is 6. The molecule has 15 aromatic heterocycles. The van der Waals surface area contributed by atoms with Crippen molar-refractivity contribution in [2.45, 2.75) is 155 Å². The van der Waals surface area contributed by atoms with E-state index in [1.54, 1.807) is 110 Å². The molecule has 23 heterocycles. The van der Waals surface area contributed by atoms with E-state index in [0.29, 0.717) is 191 Å². The number of aromatic amines is 4. The molecule has 0 saturated carbocycles. The lowest BCUT2D eigenvalue weighted by Gasteiger charge is -2.54. The van der Waals surface area contributed by atoms with Gasteiger partial charge in [-0.2, -0.15) is 66.1 Å². The van der Waals surface area contributed by atoms with Crippen LogP contribution in [0.3, 0.4) is 0 Å². The zero-order valence-electron chi connectivity index (χ0n) is 79.8. The topological polar surface area (TPSA) is 551 Å². The van der Waals surface area contributed by atoms with Gasteiger partial charge in [-0.15, -0.1) is 0 Å². The standard InChI is InChI=1S/C25H24F2N10O.C25H25FN10O.C24H24F2N10O2S.C20H24FN9O2S/c1-15-21(27)18(2-5-29-15)24(38)35-6-3-17(4-7-35)36-12-25(13-36,20(26)8-28)37-11-16(9-33-37)22-19-10-32-34-23(19)31-14-30-22;1-16-21(26)19(2-7-28-16)24(37)34-8-3-18(4-9-34)35-13-25(14-35,5-6-27)36-12-17(10-32-36)22-20-11-31-33-23(20)30-15-29-22;1-15-21(26)19(2-5-28-15)39(37,38)35-6-3-17(4-7-35)34-12-24(13-34,20(25)8-27)36-11-16(9-32-36)22-18-10-31-33-23(18)30-14-29-22;1-2-33(31,32)29-5-3-15(4-6-29)28-11-20(12-28,17(21)7-22)30-10-14(8-26-30)18-16-9-25-27-19(16)24-13-23-18/h2,5,9-11,14,17,20H,3-4,6-7,12-13H2,1H3,(H,30,31,32,34);2,7,10-12,15,18H,3-5,8-9,13-14H2,1H3,(H,29,30,31,33);2,5,9-11,14,17,20H,3-4,6-7,12-13H2,1H3,(H,29,30,31,33);8-10,13,15,17H,2-6,11-12H2,1H3,(H,23,24,25,27). The molecule has 8 fully saturated rings. The number of fused-ring (bicyclic) bond motifs is 4. The van der Waals surface area contributed by atoms with Crippen LogP contribution in [0.4, 0.5) is 26.3 Å². The second-order valence-electron chi connectivity index (χ2n) is 38.0. The quantitative estimate of drug-likeness (QED) is 0.0487. The Morgan fingerprint density at radius 3 is 1.03 bits per heavy atom. The number of pyridine rings is 3. The Morgan fingerprint density at radius 1 is 0.401 bits per heavy atom. The third-order valence-electron chi connectivity index (χ3n) is 29.7. The molecule has 4 N–H and O–H groups in total. The van der Waals surface area contributed by atoms with E-state index in [0.717, 1.165) is 40.3 Å². The van der Waals surface area contributed by atoms with E-state index in [1.165, 1.54) is 98.6 Å². The number of piperidine rings is 4. The van der Waals surface area contributed by atoms with Crippen molar-refractivity contribution in [3.8, 4) is 69.3 Å². The van der Waals surface area contributed by atoms with Gasteiger partial charge in [0, 0.05) is 195 Å². The smallest absolute Gasteiger partial charge is 0.256 e. The van der Waals surface area contributed by atoms with Crippen LogP contribution in [0.5, 0.6) is 0 Å². The van der Waals surface area contributed by atoms with Crippen molar-refractivity contribution in [1.29, 1.82) is 21.0 Å². The Bertz CT molecular complexity index is 7860. The number of sulfonamides is 2. The minimum Gasteiger partial charge on any atom is -0.338 e. The van der Waals surface area contributed by atoms with E-state index in [1.807, 2.05) is 15.8 Å². The fourth-order valence-electron chi connectivity index (χ4n) is 21.2. The summed E-state index contributed by atoms with van der Waals surface area (Å²) in [6.45, 7) is 12.7. The first-order valence-electron chi connectivity index (χ1n) is 47.6. The number of hydrogen-bond acceptors (Lipinski definition) is 33. The van der Waals surface area contributed by atoms with Crippen LogP contribution < -0.4 is 0 Å². The van der Waals surface area contributed by atoms with Crippen LogP contribution in [0, 0.1) is 83.5 Å². The van der Waals surface area contributed by atoms with Crippen molar-refractivity contribution in [2.75, 3.05) is 110 Å². The molecule has 0 spiro atoms. The highest BCUT2D eigenvalue weighted by Crippen LogP contribution is 2.45. The van der Waals surface area contributed by atoms with Gasteiger partial charge in [0.15, 0.2) is 40.0 Å². The van der Waals surface area contributed by atoms with E-state index in [9.17, 15) is 65.0 Å². The lowest BCUT2D eigenvalue weighted by Crippen LogP contribution is -2.70. The monoisotopic (exact) mass is 2050 g/mol. The number of amides is 2. The number of carbonyl (C=O) groups is 2. The maximum atomic E-state index is 15.1. The second kappa shape index (κ2) is 40.2. The first-order valence-corrected chi connectivity index (χ1v) is 50.7. The molecule has 0 bridgehead atoms. The molecule has 3 atom stereocenters. The fourth-order valence-corrected chi connectivity index (χ4v) is 23.9. The van der Waals surface area contributed by atoms with Crippen molar-refractivity contribution in [3.05, 3.63) is 182 Å². The molecule has 8 saturated heterocycles. The highest BCUT2D eigenvalue weighted by molar-refractivity contribution is 7.89. The van der Waals surface area contributed by atoms with Crippen molar-refractivity contribution in [1.82, 2.24) is 173 Å². The van der Waals surface area contributed by atoms with Gasteiger partial charge >= 0.3 is 0 Å². The number of H-pyrrole nitrogens is 4. The minimum atomic E-state index is -4.01. The zero-order valence-corrected chi connectivity index (χ0v) is 81.4. The molecule has 0 radical (unpaired) electrons. The van der Waals surface area contributed by atoms with E-state index < -0.39 is 78.2 Å². The van der Waals surface area contributed by atoms with Crippen LogP contribution in [0.25, 0.3) is 89.2 Å². The number of nitrogens with one attached hydrogen (secondary N) is 4. The molecular formula is C94H97F6N39O6S2. The number of alkyl halides is 3. The molecule has 758 valence electrons. The summed E-state index contributed by atoms with van der Waals surface area (Å²) in [4.78, 5) is 83.0. The van der Waals surface area contributed by atoms with Gasteiger partial charge in [0.05, 0.1) is 140 Å².